The fraction of sp³-hybridized carbons (Fsp3) is 0.381. The van der Waals surface area contributed by atoms with E-state index < -0.39 is 0 Å². The molecule has 1 aromatic carbocycles. The highest BCUT2D eigenvalue weighted by atomic mass is 32.1. The van der Waals surface area contributed by atoms with Gasteiger partial charge in [-0.2, -0.15) is 0 Å². The van der Waals surface area contributed by atoms with Crippen LogP contribution in [0.4, 0.5) is 4.39 Å². The number of hydrogen-bond donors (Lipinski definition) is 0. The predicted octanol–water partition coefficient (Wildman–Crippen LogP) is 4.22. The van der Waals surface area contributed by atoms with Crippen LogP contribution in [-0.2, 0) is 11.3 Å². The molecule has 0 saturated carbocycles. The number of hydrogen-bond acceptors (Lipinski definition) is 4. The van der Waals surface area contributed by atoms with Crippen molar-refractivity contribution >= 4 is 27.5 Å². The number of aryl methyl sites for hydroxylation is 1. The minimum Gasteiger partial charge on any atom is -0.341 e. The highest BCUT2D eigenvalue weighted by molar-refractivity contribution is 7.19. The molecule has 3 rings (SSSR count). The van der Waals surface area contributed by atoms with Gasteiger partial charge in [0.2, 0.25) is 5.91 Å². The Labute approximate surface area is 167 Å². The fourth-order valence-corrected chi connectivity index (χ4v) is 4.36. The SMILES string of the molecule is CCCN(CCC)C(=O)Cn1cnc2sc(C)c(-c3ccc(F)cc3)c2c1=O. The largest absolute Gasteiger partial charge is 0.341 e. The van der Waals surface area contributed by atoms with Crippen LogP contribution in [0.15, 0.2) is 35.4 Å². The molecule has 2 aromatic heterocycles. The zero-order valence-corrected chi connectivity index (χ0v) is 17.2. The summed E-state index contributed by atoms with van der Waals surface area (Å²) in [5, 5.41) is 0.488. The van der Waals surface area contributed by atoms with Crippen LogP contribution in [0.2, 0.25) is 0 Å². The molecule has 0 aliphatic rings. The van der Waals surface area contributed by atoms with Crippen molar-refractivity contribution in [1.82, 2.24) is 14.5 Å². The number of carbonyl (C=O) groups excluding carboxylic acids is 1. The molecule has 148 valence electrons. The predicted molar refractivity (Wildman–Crippen MR) is 111 cm³/mol. The van der Waals surface area contributed by atoms with Gasteiger partial charge in [-0.05, 0) is 37.5 Å². The van der Waals surface area contributed by atoms with Gasteiger partial charge in [0, 0.05) is 23.5 Å². The van der Waals surface area contributed by atoms with E-state index in [1.807, 2.05) is 20.8 Å². The summed E-state index contributed by atoms with van der Waals surface area (Å²) in [6.07, 6.45) is 3.19. The van der Waals surface area contributed by atoms with Gasteiger partial charge in [-0.1, -0.05) is 26.0 Å². The highest BCUT2D eigenvalue weighted by Gasteiger charge is 2.19. The lowest BCUT2D eigenvalue weighted by atomic mass is 10.0. The Bertz CT molecular complexity index is 1030. The Kier molecular flexibility index (Phi) is 6.24. The second kappa shape index (κ2) is 8.65. The standard InChI is InChI=1S/C21H24FN3O2S/c1-4-10-24(11-5-2)17(26)12-25-13-23-20-19(21(25)27)18(14(3)28-20)15-6-8-16(22)9-7-15/h6-9,13H,4-5,10-12H2,1-3H3. The number of fused-ring (bicyclic) bond motifs is 1. The third-order valence-electron chi connectivity index (χ3n) is 4.63. The summed E-state index contributed by atoms with van der Waals surface area (Å²) in [5.41, 5.74) is 1.29. The quantitative estimate of drug-likeness (QED) is 0.596. The van der Waals surface area contributed by atoms with Crippen molar-refractivity contribution in [2.75, 3.05) is 13.1 Å². The summed E-state index contributed by atoms with van der Waals surface area (Å²) >= 11 is 1.43. The number of benzene rings is 1. The number of aromatic nitrogens is 2. The van der Waals surface area contributed by atoms with E-state index in [-0.39, 0.29) is 23.8 Å². The van der Waals surface area contributed by atoms with Crippen LogP contribution in [-0.4, -0.2) is 33.4 Å². The van der Waals surface area contributed by atoms with Gasteiger partial charge in [-0.3, -0.25) is 14.2 Å². The van der Waals surface area contributed by atoms with Crippen LogP contribution >= 0.6 is 11.3 Å². The fourth-order valence-electron chi connectivity index (χ4n) is 3.36. The van der Waals surface area contributed by atoms with E-state index in [1.165, 1.54) is 34.4 Å². The van der Waals surface area contributed by atoms with Crippen molar-refractivity contribution < 1.29 is 9.18 Å². The van der Waals surface area contributed by atoms with Gasteiger partial charge in [-0.25, -0.2) is 9.37 Å². The maximum atomic E-state index is 13.3. The third-order valence-corrected chi connectivity index (χ3v) is 5.65. The molecule has 0 spiro atoms. The molecule has 2 heterocycles. The Morgan fingerprint density at radius 3 is 2.43 bits per heavy atom. The first kappa shape index (κ1) is 20.2. The number of nitrogens with zero attached hydrogens (tertiary/aromatic N) is 3. The van der Waals surface area contributed by atoms with Crippen LogP contribution in [0.3, 0.4) is 0 Å². The van der Waals surface area contributed by atoms with Gasteiger partial charge in [0.1, 0.15) is 17.2 Å². The van der Waals surface area contributed by atoms with Crippen molar-refractivity contribution in [1.29, 1.82) is 0 Å². The van der Waals surface area contributed by atoms with Gasteiger partial charge in [-0.15, -0.1) is 11.3 Å². The van der Waals surface area contributed by atoms with E-state index in [2.05, 4.69) is 4.98 Å². The molecule has 1 amide bonds. The van der Waals surface area contributed by atoms with Gasteiger partial charge in [0.05, 0.1) is 11.7 Å². The molecule has 7 heteroatoms. The molecule has 0 aliphatic carbocycles. The van der Waals surface area contributed by atoms with Crippen molar-refractivity contribution in [3.05, 3.63) is 51.6 Å². The van der Waals surface area contributed by atoms with E-state index in [9.17, 15) is 14.0 Å². The second-order valence-corrected chi connectivity index (χ2v) is 7.98. The molecule has 3 aromatic rings. The van der Waals surface area contributed by atoms with E-state index in [0.29, 0.717) is 23.3 Å². The van der Waals surface area contributed by atoms with Crippen LogP contribution in [0.25, 0.3) is 21.3 Å². The van der Waals surface area contributed by atoms with Crippen molar-refractivity contribution in [3.63, 3.8) is 0 Å². The molecule has 0 N–H and O–H groups in total. The Balaban J connectivity index is 2.03. The average molecular weight is 402 g/mol. The third kappa shape index (κ3) is 3.99. The lowest BCUT2D eigenvalue weighted by molar-refractivity contribution is -0.132. The van der Waals surface area contributed by atoms with Crippen LogP contribution in [0.5, 0.6) is 0 Å². The summed E-state index contributed by atoms with van der Waals surface area (Å²) in [5.74, 6) is -0.406. The smallest absolute Gasteiger partial charge is 0.263 e. The van der Waals surface area contributed by atoms with Crippen molar-refractivity contribution in [2.45, 2.75) is 40.2 Å². The normalized spacial score (nSPS) is 11.1. The van der Waals surface area contributed by atoms with E-state index in [4.69, 9.17) is 0 Å². The summed E-state index contributed by atoms with van der Waals surface area (Å²) in [7, 11) is 0. The summed E-state index contributed by atoms with van der Waals surface area (Å²) in [4.78, 5) is 33.6. The first-order valence-electron chi connectivity index (χ1n) is 9.48. The molecule has 5 nitrogen and oxygen atoms in total. The molecule has 0 unspecified atom stereocenters. The maximum absolute atomic E-state index is 13.3. The van der Waals surface area contributed by atoms with E-state index in [1.54, 1.807) is 17.0 Å². The van der Waals surface area contributed by atoms with E-state index in [0.717, 1.165) is 28.8 Å². The highest BCUT2D eigenvalue weighted by Crippen LogP contribution is 2.35. The van der Waals surface area contributed by atoms with Gasteiger partial charge < -0.3 is 4.90 Å². The van der Waals surface area contributed by atoms with Crippen LogP contribution in [0, 0.1) is 12.7 Å². The first-order valence-corrected chi connectivity index (χ1v) is 10.3. The van der Waals surface area contributed by atoms with E-state index >= 15 is 0 Å². The summed E-state index contributed by atoms with van der Waals surface area (Å²) in [6, 6.07) is 6.08. The number of halogens is 1. The second-order valence-electron chi connectivity index (χ2n) is 6.78. The van der Waals surface area contributed by atoms with Gasteiger partial charge in [0.15, 0.2) is 0 Å². The molecule has 0 bridgehead atoms. The minimum atomic E-state index is -0.325. The molecular weight excluding hydrogens is 377 g/mol. The molecule has 0 atom stereocenters. The first-order chi connectivity index (χ1) is 13.5. The number of carbonyl (C=O) groups is 1. The zero-order chi connectivity index (χ0) is 20.3. The monoisotopic (exact) mass is 401 g/mol. The minimum absolute atomic E-state index is 0.0282. The Morgan fingerprint density at radius 1 is 1.18 bits per heavy atom. The summed E-state index contributed by atoms with van der Waals surface area (Å²) < 4.78 is 14.7. The lowest BCUT2D eigenvalue weighted by Gasteiger charge is -2.21. The number of rotatable bonds is 7. The molecule has 0 radical (unpaired) electrons. The molecule has 0 saturated heterocycles. The van der Waals surface area contributed by atoms with Crippen LogP contribution in [0.1, 0.15) is 31.6 Å². The van der Waals surface area contributed by atoms with Crippen LogP contribution < -0.4 is 5.56 Å². The number of thiophene rings is 1. The topological polar surface area (TPSA) is 55.2 Å². The molecule has 28 heavy (non-hydrogen) atoms. The van der Waals surface area contributed by atoms with Gasteiger partial charge >= 0.3 is 0 Å². The number of amides is 1. The molecule has 0 aliphatic heterocycles. The Morgan fingerprint density at radius 2 is 1.82 bits per heavy atom. The maximum Gasteiger partial charge on any atom is 0.263 e. The van der Waals surface area contributed by atoms with Gasteiger partial charge in [0.25, 0.3) is 5.56 Å². The average Bonchev–Trinajstić information content (AvgIpc) is 3.01. The van der Waals surface area contributed by atoms with Crippen molar-refractivity contribution in [2.24, 2.45) is 0 Å². The lowest BCUT2D eigenvalue weighted by Crippen LogP contribution is -2.37. The molecule has 0 fully saturated rings. The Hall–Kier alpha value is -2.54. The molecular formula is C21H24FN3O2S. The van der Waals surface area contributed by atoms with Crippen molar-refractivity contribution in [3.8, 4) is 11.1 Å². The zero-order valence-electron chi connectivity index (χ0n) is 16.4. The summed E-state index contributed by atoms with van der Waals surface area (Å²) in [6.45, 7) is 7.30.